The molecule has 0 bridgehead atoms. The van der Waals surface area contributed by atoms with Crippen LogP contribution < -0.4 is 0 Å². The van der Waals surface area contributed by atoms with Crippen LogP contribution in [0.1, 0.15) is 26.5 Å². The summed E-state index contributed by atoms with van der Waals surface area (Å²) in [4.78, 5) is 15.9. The summed E-state index contributed by atoms with van der Waals surface area (Å²) in [6.07, 6.45) is 0. The van der Waals surface area contributed by atoms with Gasteiger partial charge in [-0.2, -0.15) is 0 Å². The monoisotopic (exact) mass is 325 g/mol. The molecule has 1 aromatic rings. The zero-order valence-electron chi connectivity index (χ0n) is 8.33. The van der Waals surface area contributed by atoms with E-state index in [1.807, 2.05) is 19.2 Å². The molecule has 78 valence electrons. The number of esters is 1. The van der Waals surface area contributed by atoms with Crippen molar-refractivity contribution in [1.29, 1.82) is 0 Å². The lowest BCUT2D eigenvalue weighted by molar-refractivity contribution is -0.148. The lowest BCUT2D eigenvalue weighted by Crippen LogP contribution is -2.31. The summed E-state index contributed by atoms with van der Waals surface area (Å²) in [7, 11) is 0. The summed E-state index contributed by atoms with van der Waals surface area (Å²) < 4.78 is 5.93. The average Bonchev–Trinajstić information content (AvgIpc) is 2.52. The van der Waals surface area contributed by atoms with Gasteiger partial charge in [-0.3, -0.25) is 4.79 Å². The molecule has 0 saturated carbocycles. The van der Waals surface area contributed by atoms with Gasteiger partial charge >= 0.3 is 5.97 Å². The Labute approximate surface area is 101 Å². The Morgan fingerprint density at radius 2 is 2.36 bits per heavy atom. The van der Waals surface area contributed by atoms with E-state index >= 15 is 0 Å². The molecule has 1 heterocycles. The zero-order valence-corrected chi connectivity index (χ0v) is 11.3. The molecule has 0 radical (unpaired) electrons. The first-order valence-electron chi connectivity index (χ1n) is 4.27. The number of aromatic nitrogens is 1. The first-order chi connectivity index (χ1) is 6.48. The van der Waals surface area contributed by atoms with Crippen LogP contribution in [0.3, 0.4) is 0 Å². The fraction of sp³-hybridized carbons (Fsp3) is 0.556. The van der Waals surface area contributed by atoms with E-state index < -0.39 is 5.41 Å². The maximum absolute atomic E-state index is 11.6. The number of ether oxygens (including phenoxy) is 1. The maximum Gasteiger partial charge on any atom is 0.317 e. The normalized spacial score (nSPS) is 11.4. The zero-order chi connectivity index (χ0) is 10.8. The van der Waals surface area contributed by atoms with Gasteiger partial charge in [0.1, 0.15) is 5.41 Å². The van der Waals surface area contributed by atoms with E-state index in [1.165, 1.54) is 11.3 Å². The van der Waals surface area contributed by atoms with Crippen LogP contribution in [0, 0.1) is 3.01 Å². The molecule has 0 aliphatic heterocycles. The van der Waals surface area contributed by atoms with E-state index in [0.717, 1.165) is 8.71 Å². The third kappa shape index (κ3) is 2.44. The highest BCUT2D eigenvalue weighted by Gasteiger charge is 2.33. The molecular weight excluding hydrogens is 313 g/mol. The van der Waals surface area contributed by atoms with Crippen molar-refractivity contribution < 1.29 is 9.53 Å². The fourth-order valence-corrected chi connectivity index (χ4v) is 2.30. The molecule has 1 rings (SSSR count). The van der Waals surface area contributed by atoms with E-state index in [9.17, 15) is 4.79 Å². The second-order valence-electron chi connectivity index (χ2n) is 3.33. The molecule has 14 heavy (non-hydrogen) atoms. The lowest BCUT2D eigenvalue weighted by atomic mass is 9.90. The summed E-state index contributed by atoms with van der Waals surface area (Å²) in [5.41, 5.74) is 0.140. The number of carbonyl (C=O) groups is 1. The maximum atomic E-state index is 11.6. The molecule has 0 amide bonds. The molecule has 0 atom stereocenters. The van der Waals surface area contributed by atoms with Crippen molar-refractivity contribution in [3.63, 3.8) is 0 Å². The largest absolute Gasteiger partial charge is 0.465 e. The van der Waals surface area contributed by atoms with Crippen LogP contribution in [-0.4, -0.2) is 17.6 Å². The minimum atomic E-state index is -0.643. The Hall–Kier alpha value is -0.170. The summed E-state index contributed by atoms with van der Waals surface area (Å²) in [6, 6.07) is 0. The van der Waals surface area contributed by atoms with Gasteiger partial charge in [0.2, 0.25) is 0 Å². The molecule has 5 heteroatoms. The van der Waals surface area contributed by atoms with Gasteiger partial charge in [-0.25, -0.2) is 4.98 Å². The van der Waals surface area contributed by atoms with Crippen molar-refractivity contribution in [2.75, 3.05) is 6.61 Å². The van der Waals surface area contributed by atoms with E-state index in [2.05, 4.69) is 27.6 Å². The molecule has 0 aliphatic carbocycles. The smallest absolute Gasteiger partial charge is 0.317 e. The first kappa shape index (κ1) is 11.9. The number of thiazole rings is 1. The van der Waals surface area contributed by atoms with E-state index in [-0.39, 0.29) is 5.97 Å². The van der Waals surface area contributed by atoms with Crippen LogP contribution in [-0.2, 0) is 14.9 Å². The molecule has 0 saturated heterocycles. The van der Waals surface area contributed by atoms with Gasteiger partial charge < -0.3 is 4.74 Å². The standard InChI is InChI=1S/C9H12INO2S/c1-4-13-7(12)9(2,3)6-5-14-8(10)11-6/h5H,4H2,1-3H3. The van der Waals surface area contributed by atoms with Gasteiger partial charge in [-0.15, -0.1) is 11.3 Å². The van der Waals surface area contributed by atoms with Crippen molar-refractivity contribution >= 4 is 39.9 Å². The van der Waals surface area contributed by atoms with Crippen LogP contribution in [0.4, 0.5) is 0 Å². The topological polar surface area (TPSA) is 39.2 Å². The second kappa shape index (κ2) is 4.57. The second-order valence-corrected chi connectivity index (χ2v) is 5.94. The highest BCUT2D eigenvalue weighted by Crippen LogP contribution is 2.26. The predicted octanol–water partition coefficient (Wildman–Crippen LogP) is 2.59. The first-order valence-corrected chi connectivity index (χ1v) is 6.23. The summed E-state index contributed by atoms with van der Waals surface area (Å²) in [5.74, 6) is -0.221. The molecule has 0 aliphatic rings. The summed E-state index contributed by atoms with van der Waals surface area (Å²) in [6.45, 7) is 5.87. The SMILES string of the molecule is CCOC(=O)C(C)(C)c1csc(I)n1. The van der Waals surface area contributed by atoms with Crippen LogP contribution >= 0.6 is 33.9 Å². The Balaban J connectivity index is 2.89. The van der Waals surface area contributed by atoms with Gasteiger partial charge in [0.25, 0.3) is 0 Å². The molecule has 0 aromatic carbocycles. The Kier molecular flexibility index (Phi) is 3.88. The Morgan fingerprint density at radius 3 is 2.79 bits per heavy atom. The van der Waals surface area contributed by atoms with Crippen molar-refractivity contribution in [2.24, 2.45) is 0 Å². The quantitative estimate of drug-likeness (QED) is 0.633. The van der Waals surface area contributed by atoms with Crippen molar-refractivity contribution in [3.05, 3.63) is 14.1 Å². The Morgan fingerprint density at radius 1 is 1.71 bits per heavy atom. The number of rotatable bonds is 3. The number of hydrogen-bond acceptors (Lipinski definition) is 4. The van der Waals surface area contributed by atoms with Crippen molar-refractivity contribution in [1.82, 2.24) is 4.98 Å². The molecule has 0 N–H and O–H groups in total. The van der Waals surface area contributed by atoms with Gasteiger partial charge in [-0.1, -0.05) is 0 Å². The van der Waals surface area contributed by atoms with E-state index in [0.29, 0.717) is 6.61 Å². The molecule has 0 fully saturated rings. The summed E-state index contributed by atoms with van der Waals surface area (Å²) >= 11 is 3.68. The molecule has 3 nitrogen and oxygen atoms in total. The number of carbonyl (C=O) groups excluding carboxylic acids is 1. The molecular formula is C9H12INO2S. The van der Waals surface area contributed by atoms with Gasteiger partial charge in [-0.05, 0) is 43.4 Å². The molecule has 1 aromatic heterocycles. The van der Waals surface area contributed by atoms with Gasteiger partial charge in [0.15, 0.2) is 3.01 Å². The minimum Gasteiger partial charge on any atom is -0.465 e. The van der Waals surface area contributed by atoms with Crippen LogP contribution in [0.5, 0.6) is 0 Å². The van der Waals surface area contributed by atoms with Crippen molar-refractivity contribution in [2.45, 2.75) is 26.2 Å². The third-order valence-corrected chi connectivity index (χ3v) is 3.53. The van der Waals surface area contributed by atoms with Crippen molar-refractivity contribution in [3.8, 4) is 0 Å². The van der Waals surface area contributed by atoms with E-state index in [4.69, 9.17) is 4.74 Å². The van der Waals surface area contributed by atoms with Gasteiger partial charge in [0.05, 0.1) is 12.3 Å². The highest BCUT2D eigenvalue weighted by molar-refractivity contribution is 14.1. The minimum absolute atomic E-state index is 0.221. The molecule has 0 spiro atoms. The lowest BCUT2D eigenvalue weighted by Gasteiger charge is -2.19. The highest BCUT2D eigenvalue weighted by atomic mass is 127. The fourth-order valence-electron chi connectivity index (χ4n) is 0.955. The van der Waals surface area contributed by atoms with Crippen LogP contribution in [0.25, 0.3) is 0 Å². The van der Waals surface area contributed by atoms with Crippen LogP contribution in [0.15, 0.2) is 5.38 Å². The third-order valence-electron chi connectivity index (χ3n) is 1.90. The number of hydrogen-bond donors (Lipinski definition) is 0. The van der Waals surface area contributed by atoms with E-state index in [1.54, 1.807) is 6.92 Å². The molecule has 0 unspecified atom stereocenters. The van der Waals surface area contributed by atoms with Crippen LogP contribution in [0.2, 0.25) is 0 Å². The number of halogens is 1. The van der Waals surface area contributed by atoms with Gasteiger partial charge in [0, 0.05) is 5.38 Å². The Bertz CT molecular complexity index is 335. The predicted molar refractivity (Wildman–Crippen MR) is 64.5 cm³/mol. The summed E-state index contributed by atoms with van der Waals surface area (Å²) in [5, 5.41) is 1.90. The average molecular weight is 325 g/mol. The number of nitrogens with zero attached hydrogens (tertiary/aromatic N) is 1.